The Morgan fingerprint density at radius 3 is 2.00 bits per heavy atom. The first-order valence-corrected chi connectivity index (χ1v) is 20.0. The number of carbonyl (C=O) groups excluding carboxylic acids is 1. The minimum absolute atomic E-state index is 0.114. The zero-order chi connectivity index (χ0) is 38.2. The summed E-state index contributed by atoms with van der Waals surface area (Å²) in [6.07, 6.45) is -5.50. The van der Waals surface area contributed by atoms with Gasteiger partial charge in [0.25, 0.3) is 0 Å². The Balaban J connectivity index is 1.30. The van der Waals surface area contributed by atoms with Crippen molar-refractivity contribution < 1.29 is 48.0 Å². The molecule has 2 aliphatic rings. The maximum Gasteiger partial charge on any atom is 0.416 e. The van der Waals surface area contributed by atoms with Crippen molar-refractivity contribution in [2.45, 2.75) is 105 Å². The highest BCUT2D eigenvalue weighted by Gasteiger charge is 2.38. The number of fused-ring (bicyclic) bond motifs is 1. The van der Waals surface area contributed by atoms with Crippen molar-refractivity contribution in [1.82, 2.24) is 14.3 Å². The van der Waals surface area contributed by atoms with Crippen molar-refractivity contribution in [3.8, 4) is 0 Å². The summed E-state index contributed by atoms with van der Waals surface area (Å²) in [6, 6.07) is 7.48. The van der Waals surface area contributed by atoms with E-state index in [9.17, 15) is 48.0 Å². The van der Waals surface area contributed by atoms with E-state index in [1.165, 1.54) is 11.2 Å². The average molecular weight is 815 g/mol. The van der Waals surface area contributed by atoms with Crippen molar-refractivity contribution >= 4 is 49.2 Å². The predicted molar refractivity (Wildman–Crippen MR) is 183 cm³/mol. The second kappa shape index (κ2) is 15.5. The summed E-state index contributed by atoms with van der Waals surface area (Å²) in [5, 5.41) is 2.15. The van der Waals surface area contributed by atoms with Gasteiger partial charge in [-0.25, -0.2) is 21.6 Å². The largest absolute Gasteiger partial charge is 0.416 e. The van der Waals surface area contributed by atoms with Crippen molar-refractivity contribution in [3.63, 3.8) is 0 Å². The molecule has 2 N–H and O–H groups in total. The van der Waals surface area contributed by atoms with Gasteiger partial charge < -0.3 is 5.32 Å². The second-order valence-electron chi connectivity index (χ2n) is 13.0. The summed E-state index contributed by atoms with van der Waals surface area (Å²) in [5.41, 5.74) is -0.127. The molecule has 0 aliphatic heterocycles. The molecule has 0 spiro atoms. The third-order valence-electron chi connectivity index (χ3n) is 9.17. The number of benzene rings is 3. The lowest BCUT2D eigenvalue weighted by atomic mass is 9.86. The summed E-state index contributed by atoms with van der Waals surface area (Å²) >= 11 is 12.1. The van der Waals surface area contributed by atoms with Crippen LogP contribution in [0, 0.1) is 0 Å². The van der Waals surface area contributed by atoms with E-state index in [-0.39, 0.29) is 18.0 Å². The number of alkyl halides is 6. The van der Waals surface area contributed by atoms with Crippen LogP contribution in [-0.2, 0) is 50.2 Å². The Morgan fingerprint density at radius 1 is 0.827 bits per heavy atom. The van der Waals surface area contributed by atoms with Gasteiger partial charge in [-0.05, 0) is 92.1 Å². The predicted octanol–water partition coefficient (Wildman–Crippen LogP) is 8.42. The standard InChI is InChI=1S/C34H35Cl2F6N3O5S2/c1-20(44-51(47,48)30-17-23(33(37,38)39)10-13-27(30)35)15-32(46)43-29-8-4-5-22-16-21(9-12-26(22)29)19-45(25-6-2-3-7-25)52(49,50)31-18-24(34(40,41)42)11-14-28(31)36/h9-14,16-18,20,25,29,44H,2-8,15,19H2,1H3,(H,43,46). The molecule has 0 saturated heterocycles. The summed E-state index contributed by atoms with van der Waals surface area (Å²) in [6.45, 7) is 1.27. The number of rotatable bonds is 11. The molecule has 2 unspecified atom stereocenters. The monoisotopic (exact) mass is 813 g/mol. The van der Waals surface area contributed by atoms with Crippen molar-refractivity contribution in [1.29, 1.82) is 0 Å². The Kier molecular flexibility index (Phi) is 12.0. The van der Waals surface area contributed by atoms with E-state index in [0.717, 1.165) is 42.2 Å². The van der Waals surface area contributed by atoms with Gasteiger partial charge in [0.15, 0.2) is 0 Å². The zero-order valence-corrected chi connectivity index (χ0v) is 30.8. The highest BCUT2D eigenvalue weighted by atomic mass is 35.5. The van der Waals surface area contributed by atoms with Crippen LogP contribution >= 0.6 is 23.2 Å². The topological polar surface area (TPSA) is 113 Å². The molecule has 284 valence electrons. The number of aryl methyl sites for hydroxylation is 1. The molecule has 3 aromatic rings. The van der Waals surface area contributed by atoms with E-state index in [2.05, 4.69) is 10.0 Å². The number of amides is 1. The van der Waals surface area contributed by atoms with Gasteiger partial charge >= 0.3 is 12.4 Å². The minimum atomic E-state index is -4.80. The van der Waals surface area contributed by atoms with Gasteiger partial charge in [0.1, 0.15) is 9.79 Å². The fraction of sp³-hybridized carbons (Fsp3) is 0.441. The summed E-state index contributed by atoms with van der Waals surface area (Å²) in [7, 11) is -8.99. The molecule has 18 heteroatoms. The number of hydrogen-bond acceptors (Lipinski definition) is 5. The summed E-state index contributed by atoms with van der Waals surface area (Å²) in [5.74, 6) is -0.524. The fourth-order valence-corrected chi connectivity index (χ4v) is 10.6. The van der Waals surface area contributed by atoms with Gasteiger partial charge in [-0.1, -0.05) is 54.2 Å². The maximum absolute atomic E-state index is 13.9. The Labute approximate surface area is 308 Å². The van der Waals surface area contributed by atoms with E-state index in [4.69, 9.17) is 23.2 Å². The lowest BCUT2D eigenvalue weighted by Gasteiger charge is -2.30. The van der Waals surface area contributed by atoms with Crippen LogP contribution in [0.25, 0.3) is 0 Å². The molecule has 8 nitrogen and oxygen atoms in total. The van der Waals surface area contributed by atoms with Gasteiger partial charge in [0, 0.05) is 25.0 Å². The molecule has 1 saturated carbocycles. The van der Waals surface area contributed by atoms with E-state index in [0.29, 0.717) is 55.9 Å². The molecule has 0 bridgehead atoms. The number of nitrogens with zero attached hydrogens (tertiary/aromatic N) is 1. The fourth-order valence-electron chi connectivity index (χ4n) is 6.69. The van der Waals surface area contributed by atoms with Gasteiger partial charge in [-0.2, -0.15) is 30.6 Å². The van der Waals surface area contributed by atoms with Crippen LogP contribution in [0.5, 0.6) is 0 Å². The second-order valence-corrected chi connectivity index (χ2v) is 17.4. The van der Waals surface area contributed by atoms with Gasteiger partial charge in [-0.3, -0.25) is 4.79 Å². The molecule has 0 heterocycles. The minimum Gasteiger partial charge on any atom is -0.349 e. The van der Waals surface area contributed by atoms with Crippen LogP contribution in [-0.4, -0.2) is 39.1 Å². The van der Waals surface area contributed by atoms with E-state index in [1.54, 1.807) is 12.1 Å². The summed E-state index contributed by atoms with van der Waals surface area (Å²) < 4.78 is 137. The Bertz CT molecular complexity index is 2040. The molecule has 3 aromatic carbocycles. The van der Waals surface area contributed by atoms with Crippen LogP contribution in [0.1, 0.15) is 85.7 Å². The third-order valence-corrected chi connectivity index (χ3v) is 13.6. The molecular weight excluding hydrogens is 779 g/mol. The van der Waals surface area contributed by atoms with Crippen molar-refractivity contribution in [2.75, 3.05) is 0 Å². The SMILES string of the molecule is CC(CC(=O)NC1CCCc2cc(CN(C3CCCC3)S(=O)(=O)c3cc(C(F)(F)F)ccc3Cl)ccc21)NS(=O)(=O)c1cc(C(F)(F)F)ccc1Cl. The molecule has 2 aliphatic carbocycles. The normalized spacial score (nSPS) is 18.0. The number of sulfonamides is 2. The number of carbonyl (C=O) groups is 1. The Hall–Kier alpha value is -2.89. The molecule has 0 aromatic heterocycles. The van der Waals surface area contributed by atoms with Crippen LogP contribution in [0.2, 0.25) is 10.0 Å². The molecule has 2 atom stereocenters. The third kappa shape index (κ3) is 9.24. The number of nitrogens with one attached hydrogen (secondary N) is 2. The van der Waals surface area contributed by atoms with Crippen LogP contribution in [0.4, 0.5) is 26.3 Å². The molecule has 1 amide bonds. The maximum atomic E-state index is 13.9. The highest BCUT2D eigenvalue weighted by molar-refractivity contribution is 7.89. The van der Waals surface area contributed by atoms with E-state index in [1.807, 2.05) is 6.07 Å². The highest BCUT2D eigenvalue weighted by Crippen LogP contribution is 2.38. The first-order chi connectivity index (χ1) is 24.2. The van der Waals surface area contributed by atoms with Crippen LogP contribution < -0.4 is 10.0 Å². The Morgan fingerprint density at radius 2 is 1.40 bits per heavy atom. The molecular formula is C34H35Cl2F6N3O5S2. The smallest absolute Gasteiger partial charge is 0.349 e. The van der Waals surface area contributed by atoms with Gasteiger partial charge in [0.05, 0.1) is 27.2 Å². The molecule has 1 fully saturated rings. The van der Waals surface area contributed by atoms with E-state index >= 15 is 0 Å². The first kappa shape index (κ1) is 40.3. The quantitative estimate of drug-likeness (QED) is 0.189. The van der Waals surface area contributed by atoms with Gasteiger partial charge in [-0.15, -0.1) is 0 Å². The number of hydrogen-bond donors (Lipinski definition) is 2. The lowest BCUT2D eigenvalue weighted by molar-refractivity contribution is -0.138. The van der Waals surface area contributed by atoms with Gasteiger partial charge in [0.2, 0.25) is 26.0 Å². The average Bonchev–Trinajstić information content (AvgIpc) is 3.57. The molecule has 0 radical (unpaired) electrons. The summed E-state index contributed by atoms with van der Waals surface area (Å²) in [4.78, 5) is 11.7. The van der Waals surface area contributed by atoms with Crippen molar-refractivity contribution in [2.24, 2.45) is 0 Å². The number of halogens is 8. The van der Waals surface area contributed by atoms with Crippen LogP contribution in [0.15, 0.2) is 64.4 Å². The molecule has 5 rings (SSSR count). The lowest BCUT2D eigenvalue weighted by Crippen LogP contribution is -2.39. The zero-order valence-electron chi connectivity index (χ0n) is 27.6. The van der Waals surface area contributed by atoms with Crippen molar-refractivity contribution in [3.05, 3.63) is 92.5 Å². The first-order valence-electron chi connectivity index (χ1n) is 16.4. The molecule has 52 heavy (non-hydrogen) atoms. The van der Waals surface area contributed by atoms with E-state index < -0.39 is 82.4 Å². The van der Waals surface area contributed by atoms with Crippen LogP contribution in [0.3, 0.4) is 0 Å².